The predicted molar refractivity (Wildman–Crippen MR) is 118 cm³/mol. The molecule has 1 amide bonds. The maximum Gasteiger partial charge on any atom is 0.243 e. The molecule has 0 unspecified atom stereocenters. The van der Waals surface area contributed by atoms with Crippen molar-refractivity contribution in [2.75, 3.05) is 20.1 Å². The number of carbonyl (C=O) groups is 1. The molecule has 5 nitrogen and oxygen atoms in total. The Kier molecular flexibility index (Phi) is 6.81. The van der Waals surface area contributed by atoms with Crippen molar-refractivity contribution in [3.05, 3.63) is 51.7 Å². The van der Waals surface area contributed by atoms with E-state index >= 15 is 0 Å². The molecule has 3 rings (SSSR count). The molecule has 1 fully saturated rings. The molecular formula is C22H30N2O3S2. The third kappa shape index (κ3) is 4.90. The van der Waals surface area contributed by atoms with Crippen molar-refractivity contribution in [2.24, 2.45) is 5.92 Å². The van der Waals surface area contributed by atoms with Gasteiger partial charge >= 0.3 is 0 Å². The fourth-order valence-corrected chi connectivity index (χ4v) is 6.12. The van der Waals surface area contributed by atoms with Gasteiger partial charge in [-0.05, 0) is 60.4 Å². The maximum absolute atomic E-state index is 13.0. The lowest BCUT2D eigenvalue weighted by molar-refractivity contribution is -0.135. The van der Waals surface area contributed by atoms with Gasteiger partial charge in [-0.15, -0.1) is 11.3 Å². The highest BCUT2D eigenvalue weighted by Gasteiger charge is 2.33. The van der Waals surface area contributed by atoms with E-state index in [1.165, 1.54) is 14.7 Å². The van der Waals surface area contributed by atoms with E-state index in [0.29, 0.717) is 43.3 Å². The summed E-state index contributed by atoms with van der Waals surface area (Å²) in [5.41, 5.74) is 2.33. The van der Waals surface area contributed by atoms with E-state index in [1.807, 2.05) is 24.6 Å². The number of carbonyl (C=O) groups excluding carboxylic acids is 1. The van der Waals surface area contributed by atoms with Crippen molar-refractivity contribution in [3.63, 3.8) is 0 Å². The van der Waals surface area contributed by atoms with Gasteiger partial charge in [0.2, 0.25) is 15.9 Å². The molecular weight excluding hydrogens is 404 g/mol. The molecule has 158 valence electrons. The second-order valence-corrected chi connectivity index (χ2v) is 11.1. The number of amides is 1. The molecule has 1 aliphatic heterocycles. The van der Waals surface area contributed by atoms with Crippen LogP contribution in [0.15, 0.2) is 40.6 Å². The summed E-state index contributed by atoms with van der Waals surface area (Å²) >= 11 is 1.66. The van der Waals surface area contributed by atoms with Crippen molar-refractivity contribution in [1.82, 2.24) is 9.21 Å². The van der Waals surface area contributed by atoms with Gasteiger partial charge in [-0.1, -0.05) is 26.0 Å². The minimum atomic E-state index is -3.51. The molecule has 7 heteroatoms. The zero-order valence-electron chi connectivity index (χ0n) is 17.6. The Morgan fingerprint density at radius 1 is 1.17 bits per heavy atom. The summed E-state index contributed by atoms with van der Waals surface area (Å²) in [6.45, 7) is 7.61. The van der Waals surface area contributed by atoms with E-state index in [4.69, 9.17) is 0 Å². The number of sulfonamides is 1. The van der Waals surface area contributed by atoms with Gasteiger partial charge in [-0.3, -0.25) is 4.79 Å². The van der Waals surface area contributed by atoms with E-state index in [-0.39, 0.29) is 11.8 Å². The Morgan fingerprint density at radius 2 is 1.79 bits per heavy atom. The van der Waals surface area contributed by atoms with Crippen molar-refractivity contribution >= 4 is 27.3 Å². The van der Waals surface area contributed by atoms with Crippen molar-refractivity contribution < 1.29 is 13.2 Å². The fraction of sp³-hybridized carbons (Fsp3) is 0.500. The molecule has 0 aliphatic carbocycles. The fourth-order valence-electron chi connectivity index (χ4n) is 3.69. The lowest BCUT2D eigenvalue weighted by Gasteiger charge is -2.32. The van der Waals surface area contributed by atoms with Crippen LogP contribution in [-0.2, 0) is 21.4 Å². The van der Waals surface area contributed by atoms with Gasteiger partial charge < -0.3 is 4.90 Å². The van der Waals surface area contributed by atoms with Crippen LogP contribution < -0.4 is 0 Å². The summed E-state index contributed by atoms with van der Waals surface area (Å²) in [7, 11) is -1.68. The normalized spacial score (nSPS) is 16.3. The molecule has 1 saturated heterocycles. The van der Waals surface area contributed by atoms with Gasteiger partial charge in [0.1, 0.15) is 0 Å². The van der Waals surface area contributed by atoms with E-state index in [9.17, 15) is 13.2 Å². The number of piperidine rings is 1. The number of benzene rings is 1. The van der Waals surface area contributed by atoms with Crippen molar-refractivity contribution in [1.29, 1.82) is 0 Å². The predicted octanol–water partition coefficient (Wildman–Crippen LogP) is 4.24. The van der Waals surface area contributed by atoms with E-state index in [1.54, 1.807) is 28.4 Å². The van der Waals surface area contributed by atoms with E-state index in [0.717, 1.165) is 5.56 Å². The summed E-state index contributed by atoms with van der Waals surface area (Å²) < 4.78 is 27.4. The van der Waals surface area contributed by atoms with Crippen LogP contribution in [0.25, 0.3) is 0 Å². The zero-order valence-corrected chi connectivity index (χ0v) is 19.2. The average molecular weight is 435 g/mol. The molecule has 0 saturated carbocycles. The summed E-state index contributed by atoms with van der Waals surface area (Å²) in [5.74, 6) is 0.356. The number of aryl methyl sites for hydroxylation is 1. The first-order valence-corrected chi connectivity index (χ1v) is 12.4. The molecule has 0 spiro atoms. The Bertz CT molecular complexity index is 941. The smallest absolute Gasteiger partial charge is 0.243 e. The first-order valence-electron chi connectivity index (χ1n) is 10.1. The molecule has 2 aromatic rings. The third-order valence-electron chi connectivity index (χ3n) is 5.71. The number of nitrogens with zero attached hydrogens (tertiary/aromatic N) is 2. The van der Waals surface area contributed by atoms with Gasteiger partial charge in [-0.2, -0.15) is 4.31 Å². The van der Waals surface area contributed by atoms with Crippen LogP contribution in [0.2, 0.25) is 0 Å². The summed E-state index contributed by atoms with van der Waals surface area (Å²) in [6, 6.07) is 9.22. The largest absolute Gasteiger partial charge is 0.340 e. The van der Waals surface area contributed by atoms with E-state index in [2.05, 4.69) is 26.8 Å². The van der Waals surface area contributed by atoms with Crippen LogP contribution in [-0.4, -0.2) is 43.7 Å². The summed E-state index contributed by atoms with van der Waals surface area (Å²) in [6.07, 6.45) is 1.13. The van der Waals surface area contributed by atoms with Crippen LogP contribution in [0.1, 0.15) is 48.6 Å². The third-order valence-corrected chi connectivity index (χ3v) is 8.63. The minimum Gasteiger partial charge on any atom is -0.340 e. The number of hydrogen-bond acceptors (Lipinski definition) is 4. The zero-order chi connectivity index (χ0) is 21.2. The highest BCUT2D eigenvalue weighted by molar-refractivity contribution is 7.89. The highest BCUT2D eigenvalue weighted by Crippen LogP contribution is 2.27. The lowest BCUT2D eigenvalue weighted by atomic mass is 9.96. The van der Waals surface area contributed by atoms with Crippen LogP contribution in [0, 0.1) is 12.8 Å². The molecule has 0 bridgehead atoms. The topological polar surface area (TPSA) is 57.7 Å². The van der Waals surface area contributed by atoms with Gasteiger partial charge in [0, 0.05) is 30.9 Å². The first kappa shape index (κ1) is 22.0. The second kappa shape index (κ2) is 8.98. The highest BCUT2D eigenvalue weighted by atomic mass is 32.2. The Morgan fingerprint density at radius 3 is 2.31 bits per heavy atom. The number of thiophene rings is 1. The van der Waals surface area contributed by atoms with Gasteiger partial charge in [0.15, 0.2) is 0 Å². The first-order chi connectivity index (χ1) is 13.7. The summed E-state index contributed by atoms with van der Waals surface area (Å²) in [4.78, 5) is 16.1. The van der Waals surface area contributed by atoms with Crippen LogP contribution in [0.5, 0.6) is 0 Å². The monoisotopic (exact) mass is 434 g/mol. The minimum absolute atomic E-state index is 0.108. The van der Waals surface area contributed by atoms with Gasteiger partial charge in [0.25, 0.3) is 0 Å². The lowest BCUT2D eigenvalue weighted by Crippen LogP contribution is -2.43. The van der Waals surface area contributed by atoms with E-state index < -0.39 is 10.0 Å². The number of hydrogen-bond donors (Lipinski definition) is 0. The quantitative estimate of drug-likeness (QED) is 0.683. The summed E-state index contributed by atoms with van der Waals surface area (Å²) in [5, 5.41) is 2.04. The molecule has 0 atom stereocenters. The SMILES string of the molecule is Cc1ccsc1CN(C)C(=O)C1CCN(S(=O)(=O)c2ccc(C(C)C)cc2)CC1. The average Bonchev–Trinajstić information content (AvgIpc) is 3.12. The molecule has 29 heavy (non-hydrogen) atoms. The molecule has 0 radical (unpaired) electrons. The Labute approximate surface area is 178 Å². The van der Waals surface area contributed by atoms with Gasteiger partial charge in [-0.25, -0.2) is 8.42 Å². The van der Waals surface area contributed by atoms with Crippen LogP contribution in [0.3, 0.4) is 0 Å². The van der Waals surface area contributed by atoms with Crippen LogP contribution in [0.4, 0.5) is 0 Å². The maximum atomic E-state index is 13.0. The molecule has 0 N–H and O–H groups in total. The van der Waals surface area contributed by atoms with Crippen molar-refractivity contribution in [3.8, 4) is 0 Å². The number of rotatable bonds is 6. The standard InChI is InChI=1S/C22H30N2O3S2/c1-16(2)18-5-7-20(8-6-18)29(26,27)24-12-9-19(10-13-24)22(25)23(4)15-21-17(3)11-14-28-21/h5-8,11,14,16,19H,9-10,12-13,15H2,1-4H3. The molecule has 1 aromatic heterocycles. The van der Waals surface area contributed by atoms with Crippen molar-refractivity contribution in [2.45, 2.75) is 51.0 Å². The van der Waals surface area contributed by atoms with Crippen LogP contribution >= 0.6 is 11.3 Å². The Hall–Kier alpha value is -1.70. The van der Waals surface area contributed by atoms with Gasteiger partial charge in [0.05, 0.1) is 11.4 Å². The molecule has 1 aromatic carbocycles. The molecule has 2 heterocycles. The Balaban J connectivity index is 1.60. The second-order valence-electron chi connectivity index (χ2n) is 8.12. The molecule has 1 aliphatic rings.